The normalized spacial score (nSPS) is 12.8. The summed E-state index contributed by atoms with van der Waals surface area (Å²) in [6.07, 6.45) is 0.558. The number of benzene rings is 1. The van der Waals surface area contributed by atoms with Gasteiger partial charge in [0.05, 0.1) is 12.6 Å². The van der Waals surface area contributed by atoms with Crippen molar-refractivity contribution in [2.75, 3.05) is 18.5 Å². The van der Waals surface area contributed by atoms with E-state index in [-0.39, 0.29) is 19.3 Å². The number of nitrogens with one attached hydrogen (secondary N) is 1. The van der Waals surface area contributed by atoms with E-state index < -0.39 is 0 Å². The molecule has 0 saturated heterocycles. The van der Waals surface area contributed by atoms with Crippen molar-refractivity contribution in [2.45, 2.75) is 39.2 Å². The van der Waals surface area contributed by atoms with Crippen LogP contribution in [0.25, 0.3) is 0 Å². The molecule has 0 aromatic heterocycles. The molecule has 1 atom stereocenters. The van der Waals surface area contributed by atoms with Crippen LogP contribution >= 0.6 is 0 Å². The van der Waals surface area contributed by atoms with Crippen LogP contribution in [-0.2, 0) is 0 Å². The molecule has 0 aliphatic carbocycles. The van der Waals surface area contributed by atoms with Gasteiger partial charge in [0.2, 0.25) is 0 Å². The van der Waals surface area contributed by atoms with Crippen LogP contribution in [0, 0.1) is 6.92 Å². The number of anilines is 1. The third kappa shape index (κ3) is 3.72. The number of hydrogen-bond donors (Lipinski definition) is 3. The zero-order valence-corrected chi connectivity index (χ0v) is 10.9. The van der Waals surface area contributed by atoms with Crippen molar-refractivity contribution >= 4 is 5.69 Å². The molecule has 17 heavy (non-hydrogen) atoms. The van der Waals surface area contributed by atoms with Crippen molar-refractivity contribution in [1.82, 2.24) is 0 Å². The van der Waals surface area contributed by atoms with Crippen LogP contribution in [0.15, 0.2) is 18.2 Å². The van der Waals surface area contributed by atoms with Gasteiger partial charge < -0.3 is 15.5 Å². The Bertz CT molecular complexity index is 350. The number of hydrogen-bond acceptors (Lipinski definition) is 3. The Hall–Kier alpha value is -1.06. The summed E-state index contributed by atoms with van der Waals surface area (Å²) in [5, 5.41) is 21.5. The van der Waals surface area contributed by atoms with Crippen molar-refractivity contribution in [3.05, 3.63) is 29.3 Å². The third-order valence-corrected chi connectivity index (χ3v) is 2.97. The second-order valence-electron chi connectivity index (χ2n) is 4.73. The quantitative estimate of drug-likeness (QED) is 0.711. The lowest BCUT2D eigenvalue weighted by atomic mass is 9.97. The molecule has 3 nitrogen and oxygen atoms in total. The van der Waals surface area contributed by atoms with Crippen LogP contribution in [0.3, 0.4) is 0 Å². The molecular formula is C14H23NO2. The zero-order chi connectivity index (χ0) is 12.8. The minimum Gasteiger partial charge on any atom is -0.396 e. The summed E-state index contributed by atoms with van der Waals surface area (Å²) >= 11 is 0. The maximum atomic E-state index is 9.27. The fourth-order valence-corrected chi connectivity index (χ4v) is 1.94. The Labute approximate surface area is 103 Å². The summed E-state index contributed by atoms with van der Waals surface area (Å²) < 4.78 is 0. The molecule has 0 bridgehead atoms. The number of rotatable bonds is 6. The van der Waals surface area contributed by atoms with Gasteiger partial charge in [0.15, 0.2) is 0 Å². The van der Waals surface area contributed by atoms with Crippen molar-refractivity contribution < 1.29 is 10.2 Å². The molecule has 96 valence electrons. The summed E-state index contributed by atoms with van der Waals surface area (Å²) in [6, 6.07) is 6.13. The Balaban J connectivity index is 2.95. The van der Waals surface area contributed by atoms with E-state index in [1.807, 2.05) is 0 Å². The molecule has 3 heteroatoms. The van der Waals surface area contributed by atoms with Gasteiger partial charge in [-0.15, -0.1) is 0 Å². The Morgan fingerprint density at radius 1 is 1.24 bits per heavy atom. The third-order valence-electron chi connectivity index (χ3n) is 2.97. The first-order chi connectivity index (χ1) is 8.10. The fourth-order valence-electron chi connectivity index (χ4n) is 1.94. The van der Waals surface area contributed by atoms with Gasteiger partial charge in [0, 0.05) is 12.3 Å². The largest absolute Gasteiger partial charge is 0.396 e. The summed E-state index contributed by atoms with van der Waals surface area (Å²) in [7, 11) is 0. The molecule has 1 rings (SSSR count). The Morgan fingerprint density at radius 3 is 2.47 bits per heavy atom. The van der Waals surface area contributed by atoms with Gasteiger partial charge in [0.25, 0.3) is 0 Å². The van der Waals surface area contributed by atoms with Crippen molar-refractivity contribution in [1.29, 1.82) is 0 Å². The van der Waals surface area contributed by atoms with Crippen LogP contribution < -0.4 is 5.32 Å². The lowest BCUT2D eigenvalue weighted by Gasteiger charge is -2.22. The van der Waals surface area contributed by atoms with Gasteiger partial charge in [0.1, 0.15) is 0 Å². The van der Waals surface area contributed by atoms with Gasteiger partial charge >= 0.3 is 0 Å². The van der Waals surface area contributed by atoms with Crippen LogP contribution in [0.1, 0.15) is 37.3 Å². The predicted molar refractivity (Wildman–Crippen MR) is 71.5 cm³/mol. The molecule has 0 amide bonds. The highest BCUT2D eigenvalue weighted by Crippen LogP contribution is 2.28. The topological polar surface area (TPSA) is 52.5 Å². The highest BCUT2D eigenvalue weighted by atomic mass is 16.3. The smallest absolute Gasteiger partial charge is 0.0633 e. The molecule has 0 saturated carbocycles. The summed E-state index contributed by atoms with van der Waals surface area (Å²) in [4.78, 5) is 0. The summed E-state index contributed by atoms with van der Waals surface area (Å²) in [5.41, 5.74) is 3.52. The number of para-hydroxylation sites is 1. The zero-order valence-electron chi connectivity index (χ0n) is 10.9. The molecule has 0 spiro atoms. The highest BCUT2D eigenvalue weighted by Gasteiger charge is 2.13. The van der Waals surface area contributed by atoms with E-state index in [2.05, 4.69) is 44.3 Å². The average molecular weight is 237 g/mol. The van der Waals surface area contributed by atoms with Crippen LogP contribution in [0.5, 0.6) is 0 Å². The lowest BCUT2D eigenvalue weighted by molar-refractivity contribution is 0.229. The first kappa shape index (κ1) is 14.0. The van der Waals surface area contributed by atoms with Crippen molar-refractivity contribution in [3.63, 3.8) is 0 Å². The fraction of sp³-hybridized carbons (Fsp3) is 0.571. The highest BCUT2D eigenvalue weighted by molar-refractivity contribution is 5.59. The minimum absolute atomic E-state index is 0.0342. The Morgan fingerprint density at radius 2 is 1.94 bits per heavy atom. The SMILES string of the molecule is Cc1cccc(C(C)C)c1NC(CO)CCO. The van der Waals surface area contributed by atoms with Crippen molar-refractivity contribution in [3.8, 4) is 0 Å². The molecule has 0 fully saturated rings. The van der Waals surface area contributed by atoms with Crippen molar-refractivity contribution in [2.24, 2.45) is 0 Å². The van der Waals surface area contributed by atoms with Gasteiger partial charge in [-0.2, -0.15) is 0 Å². The van der Waals surface area contributed by atoms with E-state index in [0.29, 0.717) is 12.3 Å². The molecule has 0 aliphatic rings. The number of aliphatic hydroxyl groups is 2. The molecule has 1 unspecified atom stereocenters. The molecule has 0 aliphatic heterocycles. The molecular weight excluding hydrogens is 214 g/mol. The summed E-state index contributed by atoms with van der Waals surface area (Å²) in [6.45, 7) is 6.48. The van der Waals surface area contributed by atoms with E-state index in [4.69, 9.17) is 5.11 Å². The molecule has 1 aromatic rings. The average Bonchev–Trinajstić information content (AvgIpc) is 2.30. The van der Waals surface area contributed by atoms with Gasteiger partial charge in [-0.3, -0.25) is 0 Å². The van der Waals surface area contributed by atoms with Crippen LogP contribution in [-0.4, -0.2) is 29.5 Å². The monoisotopic (exact) mass is 237 g/mol. The van der Waals surface area contributed by atoms with E-state index in [1.54, 1.807) is 0 Å². The van der Waals surface area contributed by atoms with Gasteiger partial charge in [-0.1, -0.05) is 32.0 Å². The summed E-state index contributed by atoms with van der Waals surface area (Å²) in [5.74, 6) is 0.436. The maximum absolute atomic E-state index is 9.27. The molecule has 0 radical (unpaired) electrons. The maximum Gasteiger partial charge on any atom is 0.0633 e. The molecule has 3 N–H and O–H groups in total. The number of aryl methyl sites for hydroxylation is 1. The Kier molecular flexibility index (Phi) is 5.45. The van der Waals surface area contributed by atoms with Crippen LogP contribution in [0.4, 0.5) is 5.69 Å². The lowest BCUT2D eigenvalue weighted by Crippen LogP contribution is -2.26. The van der Waals surface area contributed by atoms with Crippen LogP contribution in [0.2, 0.25) is 0 Å². The van der Waals surface area contributed by atoms with E-state index >= 15 is 0 Å². The standard InChI is InChI=1S/C14H23NO2/c1-10(2)13-6-4-5-11(3)14(13)15-12(9-17)7-8-16/h4-6,10,12,15-17H,7-9H2,1-3H3. The number of aliphatic hydroxyl groups excluding tert-OH is 2. The van der Waals surface area contributed by atoms with E-state index in [9.17, 15) is 5.11 Å². The second kappa shape index (κ2) is 6.62. The predicted octanol–water partition coefficient (Wildman–Crippen LogP) is 2.27. The molecule has 0 heterocycles. The first-order valence-corrected chi connectivity index (χ1v) is 6.18. The van der Waals surface area contributed by atoms with E-state index in [0.717, 1.165) is 5.69 Å². The first-order valence-electron chi connectivity index (χ1n) is 6.18. The van der Waals surface area contributed by atoms with Gasteiger partial charge in [-0.05, 0) is 30.4 Å². The second-order valence-corrected chi connectivity index (χ2v) is 4.73. The van der Waals surface area contributed by atoms with E-state index in [1.165, 1.54) is 11.1 Å². The minimum atomic E-state index is -0.0846. The molecule has 1 aromatic carbocycles. The van der Waals surface area contributed by atoms with Gasteiger partial charge in [-0.25, -0.2) is 0 Å².